The van der Waals surface area contributed by atoms with Crippen LogP contribution in [0.2, 0.25) is 0 Å². The summed E-state index contributed by atoms with van der Waals surface area (Å²) in [6, 6.07) is 0. The molecule has 0 bridgehead atoms. The molecule has 0 fully saturated rings. The van der Waals surface area contributed by atoms with Gasteiger partial charge in [0.15, 0.2) is 0 Å². The predicted octanol–water partition coefficient (Wildman–Crippen LogP) is 0.114. The molecule has 5 nitrogen and oxygen atoms in total. The van der Waals surface area contributed by atoms with Crippen LogP contribution in [0.15, 0.2) is 12.7 Å². The van der Waals surface area contributed by atoms with Gasteiger partial charge < -0.3 is 9.63 Å². The third kappa shape index (κ3) is 5.79. The monoisotopic (exact) mass is 180 g/mol. The van der Waals surface area contributed by atoms with Crippen LogP contribution in [0.25, 0.3) is 0 Å². The Balaban J connectivity index is 3.52. The normalized spacial score (nSPS) is 12.1. The number of carbonyl (C=O) groups is 1. The Hall–Kier alpha value is -0.640. The van der Waals surface area contributed by atoms with Gasteiger partial charge in [-0.25, -0.2) is 9.36 Å². The molecule has 0 spiro atoms. The Labute approximate surface area is 64.6 Å². The standard InChI is InChI=1S/C5H9O5P/c1-2-5(7)10-11(8)9-4-3-6/h2,6,11H,1,3-4H2. The van der Waals surface area contributed by atoms with Gasteiger partial charge >= 0.3 is 14.2 Å². The fourth-order valence-corrected chi connectivity index (χ4v) is 0.847. The van der Waals surface area contributed by atoms with Crippen molar-refractivity contribution in [2.75, 3.05) is 13.2 Å². The van der Waals surface area contributed by atoms with Crippen LogP contribution in [-0.4, -0.2) is 24.3 Å². The van der Waals surface area contributed by atoms with Gasteiger partial charge in [-0.3, -0.25) is 4.52 Å². The molecule has 0 aliphatic rings. The third-order valence-electron chi connectivity index (χ3n) is 0.662. The van der Waals surface area contributed by atoms with Crippen LogP contribution in [-0.2, 0) is 18.4 Å². The number of hydrogen-bond donors (Lipinski definition) is 1. The molecule has 0 saturated heterocycles. The van der Waals surface area contributed by atoms with Crippen LogP contribution >= 0.6 is 8.25 Å². The summed E-state index contributed by atoms with van der Waals surface area (Å²) in [5, 5.41) is 8.20. The molecule has 0 heterocycles. The summed E-state index contributed by atoms with van der Waals surface area (Å²) >= 11 is 0. The molecule has 1 atom stereocenters. The molecule has 64 valence electrons. The van der Waals surface area contributed by atoms with E-state index in [4.69, 9.17) is 5.11 Å². The van der Waals surface area contributed by atoms with Crippen molar-refractivity contribution in [3.63, 3.8) is 0 Å². The molecule has 0 amide bonds. The van der Waals surface area contributed by atoms with E-state index >= 15 is 0 Å². The first-order valence-electron chi connectivity index (χ1n) is 2.82. The maximum Gasteiger partial charge on any atom is 0.370 e. The molecule has 0 saturated carbocycles. The number of aliphatic hydroxyl groups excluding tert-OH is 1. The van der Waals surface area contributed by atoms with Crippen molar-refractivity contribution in [2.45, 2.75) is 0 Å². The predicted molar refractivity (Wildman–Crippen MR) is 38.3 cm³/mol. The minimum atomic E-state index is -2.79. The molecule has 0 radical (unpaired) electrons. The lowest BCUT2D eigenvalue weighted by atomic mass is 10.7. The summed E-state index contributed by atoms with van der Waals surface area (Å²) < 4.78 is 19.1. The highest BCUT2D eigenvalue weighted by atomic mass is 31.1. The molecule has 0 aromatic rings. The van der Waals surface area contributed by atoms with Gasteiger partial charge in [0.25, 0.3) is 0 Å². The third-order valence-corrected chi connectivity index (χ3v) is 1.47. The number of aliphatic hydroxyl groups is 1. The van der Waals surface area contributed by atoms with E-state index in [1.807, 2.05) is 0 Å². The second kappa shape index (κ2) is 6.09. The van der Waals surface area contributed by atoms with Crippen LogP contribution in [0.4, 0.5) is 0 Å². The Morgan fingerprint density at radius 3 is 2.82 bits per heavy atom. The van der Waals surface area contributed by atoms with E-state index in [0.29, 0.717) is 0 Å². The second-order valence-electron chi connectivity index (χ2n) is 1.45. The van der Waals surface area contributed by atoms with Crippen LogP contribution in [0, 0.1) is 0 Å². The van der Waals surface area contributed by atoms with Gasteiger partial charge in [-0.1, -0.05) is 6.58 Å². The quantitative estimate of drug-likeness (QED) is 0.480. The molecule has 0 aromatic carbocycles. The van der Waals surface area contributed by atoms with E-state index in [0.717, 1.165) is 6.08 Å². The molecule has 0 aromatic heterocycles. The zero-order valence-corrected chi connectivity index (χ0v) is 6.78. The van der Waals surface area contributed by atoms with Crippen molar-refractivity contribution < 1.29 is 23.5 Å². The molecule has 6 heteroatoms. The largest absolute Gasteiger partial charge is 0.394 e. The lowest BCUT2D eigenvalue weighted by molar-refractivity contribution is -0.129. The highest BCUT2D eigenvalue weighted by Crippen LogP contribution is 2.23. The van der Waals surface area contributed by atoms with Crippen LogP contribution in [0.3, 0.4) is 0 Å². The Morgan fingerprint density at radius 2 is 2.36 bits per heavy atom. The van der Waals surface area contributed by atoms with Crippen molar-refractivity contribution in [3.05, 3.63) is 12.7 Å². The second-order valence-corrected chi connectivity index (χ2v) is 2.44. The Bertz CT molecular complexity index is 166. The van der Waals surface area contributed by atoms with E-state index in [2.05, 4.69) is 15.6 Å². The van der Waals surface area contributed by atoms with Crippen molar-refractivity contribution in [1.29, 1.82) is 0 Å². The summed E-state index contributed by atoms with van der Waals surface area (Å²) in [6.07, 6.45) is 0.880. The number of rotatable bonds is 5. The lowest BCUT2D eigenvalue weighted by Crippen LogP contribution is -1.97. The number of hydrogen-bond acceptors (Lipinski definition) is 5. The lowest BCUT2D eigenvalue weighted by Gasteiger charge is -2.00. The molecular formula is C5H9O5P. The van der Waals surface area contributed by atoms with Gasteiger partial charge in [0, 0.05) is 6.08 Å². The van der Waals surface area contributed by atoms with Gasteiger partial charge in [0.05, 0.1) is 13.2 Å². The maximum atomic E-state index is 10.5. The maximum absolute atomic E-state index is 10.5. The minimum absolute atomic E-state index is 0.109. The van der Waals surface area contributed by atoms with Gasteiger partial charge in [0.2, 0.25) is 0 Å². The average molecular weight is 180 g/mol. The zero-order chi connectivity index (χ0) is 8.69. The summed E-state index contributed by atoms with van der Waals surface area (Å²) in [6.45, 7) is 2.72. The molecular weight excluding hydrogens is 171 g/mol. The molecule has 1 N–H and O–H groups in total. The van der Waals surface area contributed by atoms with Gasteiger partial charge in [-0.15, -0.1) is 0 Å². The molecule has 0 aliphatic heterocycles. The first kappa shape index (κ1) is 10.4. The molecule has 0 aliphatic carbocycles. The van der Waals surface area contributed by atoms with Gasteiger partial charge in [0.1, 0.15) is 0 Å². The molecule has 1 unspecified atom stereocenters. The van der Waals surface area contributed by atoms with Crippen molar-refractivity contribution in [3.8, 4) is 0 Å². The first-order valence-corrected chi connectivity index (χ1v) is 4.05. The van der Waals surface area contributed by atoms with Gasteiger partial charge in [-0.05, 0) is 0 Å². The van der Waals surface area contributed by atoms with E-state index in [-0.39, 0.29) is 13.2 Å². The Morgan fingerprint density at radius 1 is 1.73 bits per heavy atom. The van der Waals surface area contributed by atoms with E-state index in [1.54, 1.807) is 0 Å². The molecule has 0 rings (SSSR count). The van der Waals surface area contributed by atoms with Crippen molar-refractivity contribution >= 4 is 14.2 Å². The van der Waals surface area contributed by atoms with Crippen LogP contribution in [0.5, 0.6) is 0 Å². The minimum Gasteiger partial charge on any atom is -0.394 e. The number of carbonyl (C=O) groups excluding carboxylic acids is 1. The smallest absolute Gasteiger partial charge is 0.370 e. The van der Waals surface area contributed by atoms with E-state index in [9.17, 15) is 9.36 Å². The first-order chi connectivity index (χ1) is 5.20. The summed E-state index contributed by atoms with van der Waals surface area (Å²) in [4.78, 5) is 10.3. The fraction of sp³-hybridized carbons (Fsp3) is 0.400. The van der Waals surface area contributed by atoms with Gasteiger partial charge in [-0.2, -0.15) is 0 Å². The van der Waals surface area contributed by atoms with Crippen molar-refractivity contribution in [2.24, 2.45) is 0 Å². The highest BCUT2D eigenvalue weighted by molar-refractivity contribution is 7.34. The van der Waals surface area contributed by atoms with E-state index in [1.165, 1.54) is 0 Å². The van der Waals surface area contributed by atoms with E-state index < -0.39 is 14.2 Å². The summed E-state index contributed by atoms with van der Waals surface area (Å²) in [5.74, 6) is -0.799. The molecule has 11 heavy (non-hydrogen) atoms. The van der Waals surface area contributed by atoms with Crippen LogP contribution in [0.1, 0.15) is 0 Å². The van der Waals surface area contributed by atoms with Crippen LogP contribution < -0.4 is 0 Å². The van der Waals surface area contributed by atoms with Crippen molar-refractivity contribution in [1.82, 2.24) is 0 Å². The summed E-state index contributed by atoms with van der Waals surface area (Å²) in [5.41, 5.74) is 0. The Kier molecular flexibility index (Phi) is 5.74. The SMILES string of the molecule is C=CC(=O)O[PH](=O)OCCO. The average Bonchev–Trinajstić information content (AvgIpc) is 2.00. The zero-order valence-electron chi connectivity index (χ0n) is 5.78. The fourth-order valence-electron chi connectivity index (χ4n) is 0.282. The summed E-state index contributed by atoms with van der Waals surface area (Å²) in [7, 11) is -2.79. The topological polar surface area (TPSA) is 72.8 Å². The highest BCUT2D eigenvalue weighted by Gasteiger charge is 2.02.